The standard InChI is InChI=1S/C14H15N3O/c1-9(2)7-13-16-14(18-17-13)11-4-3-10-5-6-15-12(10)8-11/h3-6,8-9,15H,7H2,1-2H3. The highest BCUT2D eigenvalue weighted by Gasteiger charge is 2.10. The lowest BCUT2D eigenvalue weighted by Crippen LogP contribution is -1.95. The summed E-state index contributed by atoms with van der Waals surface area (Å²) in [6.07, 6.45) is 2.76. The van der Waals surface area contributed by atoms with Gasteiger partial charge in [-0.05, 0) is 29.5 Å². The number of aromatic nitrogens is 3. The molecule has 0 aliphatic heterocycles. The number of rotatable bonds is 3. The van der Waals surface area contributed by atoms with Gasteiger partial charge in [-0.3, -0.25) is 0 Å². The van der Waals surface area contributed by atoms with Crippen molar-refractivity contribution in [2.24, 2.45) is 5.92 Å². The number of aromatic amines is 1. The van der Waals surface area contributed by atoms with Gasteiger partial charge in [0.15, 0.2) is 5.82 Å². The highest BCUT2D eigenvalue weighted by molar-refractivity contribution is 5.83. The maximum atomic E-state index is 5.30. The van der Waals surface area contributed by atoms with Crippen molar-refractivity contribution in [1.82, 2.24) is 15.1 Å². The van der Waals surface area contributed by atoms with Gasteiger partial charge in [0.2, 0.25) is 0 Å². The zero-order valence-electron chi connectivity index (χ0n) is 10.5. The van der Waals surface area contributed by atoms with Gasteiger partial charge in [-0.2, -0.15) is 4.98 Å². The van der Waals surface area contributed by atoms with Gasteiger partial charge in [-0.15, -0.1) is 0 Å². The van der Waals surface area contributed by atoms with E-state index in [4.69, 9.17) is 4.52 Å². The first-order valence-electron chi connectivity index (χ1n) is 6.12. The SMILES string of the molecule is CC(C)Cc1noc(-c2ccc3cc[nH]c3c2)n1. The molecule has 3 rings (SSSR count). The van der Waals surface area contributed by atoms with E-state index < -0.39 is 0 Å². The normalized spacial score (nSPS) is 11.5. The highest BCUT2D eigenvalue weighted by Crippen LogP contribution is 2.22. The van der Waals surface area contributed by atoms with Crippen molar-refractivity contribution >= 4 is 10.9 Å². The maximum Gasteiger partial charge on any atom is 0.257 e. The van der Waals surface area contributed by atoms with Crippen molar-refractivity contribution in [1.29, 1.82) is 0 Å². The van der Waals surface area contributed by atoms with Gasteiger partial charge in [0, 0.05) is 23.7 Å². The van der Waals surface area contributed by atoms with E-state index in [0.29, 0.717) is 11.8 Å². The number of nitrogens with zero attached hydrogens (tertiary/aromatic N) is 2. The zero-order valence-corrected chi connectivity index (χ0v) is 10.5. The van der Waals surface area contributed by atoms with Gasteiger partial charge >= 0.3 is 0 Å². The molecule has 1 N–H and O–H groups in total. The first-order valence-corrected chi connectivity index (χ1v) is 6.12. The fourth-order valence-electron chi connectivity index (χ4n) is 2.00. The van der Waals surface area contributed by atoms with Crippen LogP contribution in [0, 0.1) is 5.92 Å². The molecule has 0 fully saturated rings. The molecule has 2 heterocycles. The van der Waals surface area contributed by atoms with Crippen LogP contribution in [0.4, 0.5) is 0 Å². The second kappa shape index (κ2) is 4.29. The third kappa shape index (κ3) is 2.01. The molecule has 18 heavy (non-hydrogen) atoms. The molecule has 0 saturated heterocycles. The fraction of sp³-hybridized carbons (Fsp3) is 0.286. The van der Waals surface area contributed by atoms with Crippen LogP contribution in [-0.4, -0.2) is 15.1 Å². The van der Waals surface area contributed by atoms with Crippen molar-refractivity contribution in [2.45, 2.75) is 20.3 Å². The smallest absolute Gasteiger partial charge is 0.257 e. The molecule has 0 aliphatic carbocycles. The van der Waals surface area contributed by atoms with E-state index in [-0.39, 0.29) is 0 Å². The minimum absolute atomic E-state index is 0.529. The first-order chi connectivity index (χ1) is 8.72. The number of hydrogen-bond acceptors (Lipinski definition) is 3. The molecule has 1 aromatic carbocycles. The number of benzene rings is 1. The van der Waals surface area contributed by atoms with E-state index in [1.165, 1.54) is 5.39 Å². The summed E-state index contributed by atoms with van der Waals surface area (Å²) < 4.78 is 5.30. The molecular weight excluding hydrogens is 226 g/mol. The van der Waals surface area contributed by atoms with E-state index in [1.54, 1.807) is 0 Å². The second-order valence-electron chi connectivity index (χ2n) is 4.89. The van der Waals surface area contributed by atoms with Gasteiger partial charge in [0.1, 0.15) is 0 Å². The van der Waals surface area contributed by atoms with Gasteiger partial charge in [-0.1, -0.05) is 25.1 Å². The second-order valence-corrected chi connectivity index (χ2v) is 4.89. The molecule has 0 bridgehead atoms. The third-order valence-corrected chi connectivity index (χ3v) is 2.86. The molecule has 0 radical (unpaired) electrons. The topological polar surface area (TPSA) is 54.7 Å². The van der Waals surface area contributed by atoms with Gasteiger partial charge in [-0.25, -0.2) is 0 Å². The summed E-state index contributed by atoms with van der Waals surface area (Å²) in [5.41, 5.74) is 2.03. The fourth-order valence-corrected chi connectivity index (χ4v) is 2.00. The molecule has 0 spiro atoms. The van der Waals surface area contributed by atoms with E-state index in [0.717, 1.165) is 23.3 Å². The minimum atomic E-state index is 0.529. The molecule has 4 nitrogen and oxygen atoms in total. The lowest BCUT2D eigenvalue weighted by atomic mass is 10.1. The Kier molecular flexibility index (Phi) is 2.63. The summed E-state index contributed by atoms with van der Waals surface area (Å²) in [5.74, 6) is 1.88. The van der Waals surface area contributed by atoms with E-state index >= 15 is 0 Å². The van der Waals surface area contributed by atoms with Crippen LogP contribution in [0.2, 0.25) is 0 Å². The Labute approximate surface area is 105 Å². The summed E-state index contributed by atoms with van der Waals surface area (Å²) in [6, 6.07) is 8.12. The van der Waals surface area contributed by atoms with Crippen molar-refractivity contribution in [3.05, 3.63) is 36.3 Å². The molecule has 92 valence electrons. The Hall–Kier alpha value is -2.10. The van der Waals surface area contributed by atoms with Gasteiger partial charge in [0.25, 0.3) is 5.89 Å². The molecule has 0 amide bonds. The summed E-state index contributed by atoms with van der Waals surface area (Å²) in [4.78, 5) is 7.60. The summed E-state index contributed by atoms with van der Waals surface area (Å²) in [6.45, 7) is 4.28. The van der Waals surface area contributed by atoms with Crippen LogP contribution in [0.15, 0.2) is 35.0 Å². The average Bonchev–Trinajstić information content (AvgIpc) is 2.95. The maximum absolute atomic E-state index is 5.30. The van der Waals surface area contributed by atoms with E-state index in [9.17, 15) is 0 Å². The first kappa shape index (κ1) is 11.0. The Morgan fingerprint density at radius 2 is 2.17 bits per heavy atom. The number of nitrogens with one attached hydrogen (secondary N) is 1. The highest BCUT2D eigenvalue weighted by atomic mass is 16.5. The summed E-state index contributed by atoms with van der Waals surface area (Å²) in [5, 5.41) is 5.19. The Balaban J connectivity index is 1.95. The molecule has 0 aliphatic rings. The predicted molar refractivity (Wildman–Crippen MR) is 70.1 cm³/mol. The van der Waals surface area contributed by atoms with Crippen LogP contribution in [0.25, 0.3) is 22.4 Å². The Morgan fingerprint density at radius 3 is 3.00 bits per heavy atom. The predicted octanol–water partition coefficient (Wildman–Crippen LogP) is 3.42. The van der Waals surface area contributed by atoms with E-state index in [2.05, 4.69) is 29.0 Å². The Morgan fingerprint density at radius 1 is 1.28 bits per heavy atom. The van der Waals surface area contributed by atoms with Gasteiger partial charge in [0.05, 0.1) is 0 Å². The van der Waals surface area contributed by atoms with E-state index in [1.807, 2.05) is 30.5 Å². The average molecular weight is 241 g/mol. The molecule has 0 atom stereocenters. The van der Waals surface area contributed by atoms with Crippen molar-refractivity contribution < 1.29 is 4.52 Å². The van der Waals surface area contributed by atoms with Crippen LogP contribution in [0.3, 0.4) is 0 Å². The summed E-state index contributed by atoms with van der Waals surface area (Å²) >= 11 is 0. The quantitative estimate of drug-likeness (QED) is 0.764. The van der Waals surface area contributed by atoms with Crippen LogP contribution >= 0.6 is 0 Å². The van der Waals surface area contributed by atoms with Crippen molar-refractivity contribution in [3.63, 3.8) is 0 Å². The number of H-pyrrole nitrogens is 1. The van der Waals surface area contributed by atoms with Gasteiger partial charge < -0.3 is 9.51 Å². The molecule has 2 aromatic heterocycles. The van der Waals surface area contributed by atoms with Crippen molar-refractivity contribution in [3.8, 4) is 11.5 Å². The van der Waals surface area contributed by atoms with Crippen LogP contribution in [0.1, 0.15) is 19.7 Å². The lowest BCUT2D eigenvalue weighted by molar-refractivity contribution is 0.418. The molecule has 0 unspecified atom stereocenters. The van der Waals surface area contributed by atoms with Crippen LogP contribution < -0.4 is 0 Å². The zero-order chi connectivity index (χ0) is 12.5. The summed E-state index contributed by atoms with van der Waals surface area (Å²) in [7, 11) is 0. The molecule has 4 heteroatoms. The molecule has 0 saturated carbocycles. The number of hydrogen-bond donors (Lipinski definition) is 1. The van der Waals surface area contributed by atoms with Crippen LogP contribution in [-0.2, 0) is 6.42 Å². The monoisotopic (exact) mass is 241 g/mol. The van der Waals surface area contributed by atoms with Crippen LogP contribution in [0.5, 0.6) is 0 Å². The minimum Gasteiger partial charge on any atom is -0.361 e. The van der Waals surface area contributed by atoms with Crippen molar-refractivity contribution in [2.75, 3.05) is 0 Å². The molecular formula is C14H15N3O. The molecule has 3 aromatic rings. The lowest BCUT2D eigenvalue weighted by Gasteiger charge is -1.96. The third-order valence-electron chi connectivity index (χ3n) is 2.86. The Bertz CT molecular complexity index is 666. The number of fused-ring (bicyclic) bond motifs is 1. The largest absolute Gasteiger partial charge is 0.361 e.